The Hall–Kier alpha value is -1.07. The number of fused-ring (bicyclic) bond motifs is 1. The number of nitrogens with zero attached hydrogens (tertiary/aromatic N) is 2. The Morgan fingerprint density at radius 1 is 1.50 bits per heavy atom. The molecule has 1 atom stereocenters. The molecule has 5 heteroatoms. The van der Waals surface area contributed by atoms with E-state index in [2.05, 4.69) is 46.0 Å². The van der Waals surface area contributed by atoms with Crippen LogP contribution in [0.3, 0.4) is 0 Å². The van der Waals surface area contributed by atoms with Gasteiger partial charge in [-0.3, -0.25) is 5.10 Å². The van der Waals surface area contributed by atoms with Gasteiger partial charge in [0.25, 0.3) is 0 Å². The molecule has 3 rings (SSSR count). The molecular weight excluding hydrogens is 262 g/mol. The van der Waals surface area contributed by atoms with Gasteiger partial charge in [0.15, 0.2) is 4.77 Å². The predicted molar refractivity (Wildman–Crippen MR) is 76.7 cm³/mol. The van der Waals surface area contributed by atoms with Gasteiger partial charge in [-0.05, 0) is 30.3 Å². The highest BCUT2D eigenvalue weighted by Crippen LogP contribution is 2.42. The van der Waals surface area contributed by atoms with Crippen molar-refractivity contribution in [1.29, 1.82) is 0 Å². The molecule has 0 fully saturated rings. The first kappa shape index (κ1) is 12.0. The Bertz CT molecular complexity index is 615. The van der Waals surface area contributed by atoms with Crippen molar-refractivity contribution < 1.29 is 0 Å². The Morgan fingerprint density at radius 3 is 3.17 bits per heavy atom. The van der Waals surface area contributed by atoms with E-state index in [1.54, 1.807) is 0 Å². The highest BCUT2D eigenvalue weighted by molar-refractivity contribution is 7.99. The van der Waals surface area contributed by atoms with E-state index in [-0.39, 0.29) is 0 Å². The second-order valence-electron chi connectivity index (χ2n) is 4.44. The summed E-state index contributed by atoms with van der Waals surface area (Å²) >= 11 is 7.22. The number of H-pyrrole nitrogens is 1. The average Bonchev–Trinajstić information content (AvgIpc) is 2.95. The van der Waals surface area contributed by atoms with E-state index < -0.39 is 0 Å². The van der Waals surface area contributed by atoms with Crippen LogP contribution in [0.1, 0.15) is 30.7 Å². The van der Waals surface area contributed by atoms with Crippen LogP contribution in [0.15, 0.2) is 29.2 Å². The zero-order valence-electron chi connectivity index (χ0n) is 10.2. The predicted octanol–water partition coefficient (Wildman–Crippen LogP) is 3.59. The number of benzene rings is 1. The van der Waals surface area contributed by atoms with Gasteiger partial charge in [-0.25, -0.2) is 0 Å². The first-order valence-corrected chi connectivity index (χ1v) is 7.57. The molecule has 1 aromatic heterocycles. The van der Waals surface area contributed by atoms with Gasteiger partial charge >= 0.3 is 0 Å². The van der Waals surface area contributed by atoms with E-state index in [0.29, 0.717) is 5.92 Å². The third-order valence-corrected chi connectivity index (χ3v) is 4.74. The quantitative estimate of drug-likeness (QED) is 0.871. The summed E-state index contributed by atoms with van der Waals surface area (Å²) in [6.45, 7) is 3.10. The summed E-state index contributed by atoms with van der Waals surface area (Å²) in [7, 11) is 0. The van der Waals surface area contributed by atoms with Crippen molar-refractivity contribution in [2.45, 2.75) is 30.7 Å². The molecule has 1 aliphatic heterocycles. The van der Waals surface area contributed by atoms with Gasteiger partial charge < -0.3 is 4.57 Å². The molecule has 1 aromatic carbocycles. The summed E-state index contributed by atoms with van der Waals surface area (Å²) in [5.41, 5.74) is 1.38. The van der Waals surface area contributed by atoms with Gasteiger partial charge in [0.05, 0.1) is 5.92 Å². The zero-order valence-corrected chi connectivity index (χ0v) is 11.9. The van der Waals surface area contributed by atoms with Crippen LogP contribution >= 0.6 is 24.0 Å². The molecule has 0 aliphatic carbocycles. The number of nitrogens with one attached hydrogen (secondary N) is 1. The molecule has 2 aromatic rings. The molecule has 3 nitrogen and oxygen atoms in total. The largest absolute Gasteiger partial charge is 0.304 e. The summed E-state index contributed by atoms with van der Waals surface area (Å²) in [6, 6.07) is 8.58. The number of hydrogen-bond donors (Lipinski definition) is 1. The second kappa shape index (κ2) is 4.90. The summed E-state index contributed by atoms with van der Waals surface area (Å²) < 4.78 is 2.88. The van der Waals surface area contributed by atoms with Gasteiger partial charge in [-0.1, -0.05) is 25.1 Å². The minimum atomic E-state index is 0.366. The molecular formula is C13H15N3S2. The Morgan fingerprint density at radius 2 is 2.33 bits per heavy atom. The molecule has 1 unspecified atom stereocenters. The Kier molecular flexibility index (Phi) is 3.26. The Labute approximate surface area is 116 Å². The van der Waals surface area contributed by atoms with Crippen LogP contribution in [0.2, 0.25) is 0 Å². The Balaban J connectivity index is 2.05. The van der Waals surface area contributed by atoms with Crippen LogP contribution < -0.4 is 0 Å². The molecule has 2 heterocycles. The lowest BCUT2D eigenvalue weighted by molar-refractivity contribution is 0.618. The van der Waals surface area contributed by atoms with E-state index >= 15 is 0 Å². The number of aromatic amines is 1. The van der Waals surface area contributed by atoms with E-state index in [1.807, 2.05) is 11.8 Å². The monoisotopic (exact) mass is 277 g/mol. The fraction of sp³-hybridized carbons (Fsp3) is 0.385. The van der Waals surface area contributed by atoms with Crippen LogP contribution in [-0.4, -0.2) is 20.5 Å². The van der Waals surface area contributed by atoms with Crippen molar-refractivity contribution in [2.75, 3.05) is 5.75 Å². The van der Waals surface area contributed by atoms with Crippen molar-refractivity contribution >= 4 is 24.0 Å². The SMILES string of the molecule is CCCn1c(C2CSc3ccccc32)n[nH]c1=S. The van der Waals surface area contributed by atoms with Gasteiger partial charge in [0, 0.05) is 17.2 Å². The van der Waals surface area contributed by atoms with Crippen LogP contribution in [0.5, 0.6) is 0 Å². The molecule has 0 amide bonds. The maximum Gasteiger partial charge on any atom is 0.195 e. The van der Waals surface area contributed by atoms with Crippen LogP contribution in [0.4, 0.5) is 0 Å². The van der Waals surface area contributed by atoms with E-state index in [4.69, 9.17) is 12.2 Å². The molecule has 94 valence electrons. The zero-order chi connectivity index (χ0) is 12.5. The molecule has 0 spiro atoms. The number of hydrogen-bond acceptors (Lipinski definition) is 3. The van der Waals surface area contributed by atoms with Gasteiger partial charge in [0.2, 0.25) is 0 Å². The van der Waals surface area contributed by atoms with Crippen molar-refractivity contribution in [3.05, 3.63) is 40.4 Å². The van der Waals surface area contributed by atoms with Crippen molar-refractivity contribution in [3.63, 3.8) is 0 Å². The first-order chi connectivity index (χ1) is 8.81. The van der Waals surface area contributed by atoms with Crippen LogP contribution in [0, 0.1) is 4.77 Å². The van der Waals surface area contributed by atoms with Crippen LogP contribution in [-0.2, 0) is 6.54 Å². The van der Waals surface area contributed by atoms with E-state index in [0.717, 1.165) is 29.3 Å². The summed E-state index contributed by atoms with van der Waals surface area (Å²) in [4.78, 5) is 1.37. The molecule has 0 saturated carbocycles. The molecule has 1 aliphatic rings. The molecule has 0 bridgehead atoms. The lowest BCUT2D eigenvalue weighted by atomic mass is 10.0. The normalized spacial score (nSPS) is 17.9. The molecule has 1 N–H and O–H groups in total. The smallest absolute Gasteiger partial charge is 0.195 e. The standard InChI is InChI=1S/C13H15N3S2/c1-2-7-16-12(14-15-13(16)17)10-8-18-11-6-4-3-5-9(10)11/h3-6,10H,2,7-8H2,1H3,(H,15,17). The minimum Gasteiger partial charge on any atom is -0.304 e. The number of aromatic nitrogens is 3. The first-order valence-electron chi connectivity index (χ1n) is 6.18. The van der Waals surface area contributed by atoms with Gasteiger partial charge in [-0.15, -0.1) is 11.8 Å². The fourth-order valence-corrected chi connectivity index (χ4v) is 3.87. The lowest BCUT2D eigenvalue weighted by Crippen LogP contribution is -2.10. The highest BCUT2D eigenvalue weighted by atomic mass is 32.2. The molecule has 0 radical (unpaired) electrons. The number of thioether (sulfide) groups is 1. The number of rotatable bonds is 3. The second-order valence-corrected chi connectivity index (χ2v) is 5.89. The fourth-order valence-electron chi connectivity index (χ4n) is 2.41. The summed E-state index contributed by atoms with van der Waals surface area (Å²) in [5, 5.41) is 7.38. The van der Waals surface area contributed by atoms with E-state index in [1.165, 1.54) is 10.5 Å². The molecule has 18 heavy (non-hydrogen) atoms. The van der Waals surface area contributed by atoms with Gasteiger partial charge in [-0.2, -0.15) is 5.10 Å². The maximum atomic E-state index is 5.31. The van der Waals surface area contributed by atoms with E-state index in [9.17, 15) is 0 Å². The average molecular weight is 277 g/mol. The third-order valence-electron chi connectivity index (χ3n) is 3.25. The van der Waals surface area contributed by atoms with Crippen molar-refractivity contribution in [2.24, 2.45) is 0 Å². The van der Waals surface area contributed by atoms with Crippen molar-refractivity contribution in [1.82, 2.24) is 14.8 Å². The molecule has 0 saturated heterocycles. The van der Waals surface area contributed by atoms with Gasteiger partial charge in [0.1, 0.15) is 5.82 Å². The summed E-state index contributed by atoms with van der Waals surface area (Å²) in [6.07, 6.45) is 1.07. The highest BCUT2D eigenvalue weighted by Gasteiger charge is 2.28. The third kappa shape index (κ3) is 1.91. The topological polar surface area (TPSA) is 33.6 Å². The summed E-state index contributed by atoms with van der Waals surface area (Å²) in [5.74, 6) is 2.51. The van der Waals surface area contributed by atoms with Crippen LogP contribution in [0.25, 0.3) is 0 Å². The lowest BCUT2D eigenvalue weighted by Gasteiger charge is -2.11. The van der Waals surface area contributed by atoms with Crippen molar-refractivity contribution in [3.8, 4) is 0 Å². The maximum absolute atomic E-state index is 5.31. The minimum absolute atomic E-state index is 0.366.